The van der Waals surface area contributed by atoms with E-state index in [2.05, 4.69) is 0 Å². The molecule has 2 atom stereocenters. The molecule has 11 aromatic rings. The van der Waals surface area contributed by atoms with E-state index in [9.17, 15) is 19.2 Å². The summed E-state index contributed by atoms with van der Waals surface area (Å²) < 4.78 is 217. The van der Waals surface area contributed by atoms with E-state index in [-0.39, 0.29) is 77.7 Å². The maximum absolute atomic E-state index is 10.1. The van der Waals surface area contributed by atoms with Gasteiger partial charge < -0.3 is 18.6 Å². The summed E-state index contributed by atoms with van der Waals surface area (Å²) in [7, 11) is 0. The van der Waals surface area contributed by atoms with Gasteiger partial charge in [0.2, 0.25) is 0 Å². The zero-order chi connectivity index (χ0) is 58.0. The molecule has 2 aromatic heterocycles. The van der Waals surface area contributed by atoms with Crippen LogP contribution >= 0.6 is 0 Å². The molecular weight excluding hydrogens is 733 g/mol. The summed E-state index contributed by atoms with van der Waals surface area (Å²) in [6.45, 7) is 0. The Balaban J connectivity index is 1.14. The first kappa shape index (κ1) is 17.6. The molecule has 0 fully saturated rings. The number of benzene rings is 9. The summed E-state index contributed by atoms with van der Waals surface area (Å²) in [5, 5.41) is -1.01. The average Bonchev–Trinajstić information content (AvgIpc) is 0.914. The fraction of sp³-hybridized carbons (Fsp3) is 0.0357. The highest BCUT2D eigenvalue weighted by atomic mass is 16.3. The summed E-state index contributed by atoms with van der Waals surface area (Å²) in [4.78, 5) is 2.58. The Morgan fingerprint density at radius 3 is 1.27 bits per heavy atom. The number of hydrogen-bond acceptors (Lipinski definition) is 4. The van der Waals surface area contributed by atoms with Crippen LogP contribution in [0.3, 0.4) is 0 Å². The average molecular weight is 787 g/mol. The van der Waals surface area contributed by atoms with Gasteiger partial charge in [0.05, 0.1) is 63.7 Å². The first-order valence-electron chi connectivity index (χ1n) is 30.0. The second kappa shape index (κ2) is 10.6. The number of anilines is 6. The molecule has 0 saturated carbocycles. The zero-order valence-corrected chi connectivity index (χ0v) is 30.5. The molecule has 2 bridgehead atoms. The molecule has 278 valence electrons. The lowest BCUT2D eigenvalue weighted by molar-refractivity contribution is 0.549. The van der Waals surface area contributed by atoms with E-state index in [0.717, 1.165) is 0 Å². The molecule has 9 aromatic carbocycles. The smallest absolute Gasteiger partial charge is 0.137 e. The number of rotatable bonds is 2. The Hall–Kier alpha value is -7.82. The van der Waals surface area contributed by atoms with Crippen LogP contribution in [-0.4, -0.2) is 0 Å². The third-order valence-corrected chi connectivity index (χ3v) is 12.6. The van der Waals surface area contributed by atoms with Gasteiger partial charge in [0.25, 0.3) is 0 Å². The van der Waals surface area contributed by atoms with E-state index in [0.29, 0.717) is 22.3 Å². The highest BCUT2D eigenvalue weighted by Crippen LogP contribution is 2.74. The molecule has 3 aliphatic carbocycles. The van der Waals surface area contributed by atoms with Crippen LogP contribution < -0.4 is 9.80 Å². The molecule has 2 spiro atoms. The Bertz CT molecular complexity index is 4700. The van der Waals surface area contributed by atoms with Crippen LogP contribution in [0.2, 0.25) is 0 Å². The molecule has 0 radical (unpaired) electrons. The molecule has 0 N–H and O–H groups in total. The molecule has 4 heterocycles. The van der Waals surface area contributed by atoms with Gasteiger partial charge >= 0.3 is 0 Å². The number of hydrogen-bond donors (Lipinski definition) is 0. The van der Waals surface area contributed by atoms with E-state index in [4.69, 9.17) is 19.8 Å². The number of para-hydroxylation sites is 4. The van der Waals surface area contributed by atoms with Crippen LogP contribution in [0.25, 0.3) is 43.9 Å². The molecule has 2 unspecified atom stereocenters. The van der Waals surface area contributed by atoms with Crippen LogP contribution in [0.1, 0.15) is 74.7 Å². The molecule has 0 saturated heterocycles. The van der Waals surface area contributed by atoms with E-state index in [1.165, 1.54) is 9.80 Å². The number of furan rings is 2. The quantitative estimate of drug-likeness (QED) is 0.175. The fourth-order valence-electron chi connectivity index (χ4n) is 10.6. The number of nitrogens with zero attached hydrogens (tertiary/aromatic N) is 2. The SMILES string of the molecule is [2H]c1c([2H])c([2H])c2c(c1[2H])N(c1c([2H])c([2H])c3c(oc4c([2H])c([2H])c([2H])c([2H])c43)c1[2H])c1cccc3c1C21c2ccccc2C32c3c(cccc31)N(c1c([2H])c([2H])c3c(oc4c([2H])c([2H])c([2H])c([2H])c43)c1[2H])c1c([2H])c([2H])c([2H])c([2H])c12. The predicted molar refractivity (Wildman–Crippen MR) is 241 cm³/mol. The van der Waals surface area contributed by atoms with Crippen molar-refractivity contribution in [3.63, 3.8) is 0 Å². The minimum atomic E-state index is -1.85. The molecule has 16 rings (SSSR count). The van der Waals surface area contributed by atoms with Gasteiger partial charge in [-0.15, -0.1) is 0 Å². The number of fused-ring (bicyclic) bond motifs is 8. The molecule has 0 amide bonds. The standard InChI is InChI=1S/C56H32N2O2/c1-9-25-49-35(13-1)37-29-27-33(31-51(37)59-49)57-45-21-7-5-17-41(45)55-39-15-3-4-16-40(39)56(43-19-11-23-47(57)53(43)55)42-18-6-8-22-46(42)58(48-24-12-20-44(55)54(48)56)34-28-30-38-36-14-2-10-26-50(36)60-52(38)32-34/h1-32H/i1D,2D,5D,6D,7D,8D,9D,10D,13D,14D,17D,18D,21D,22D,25D,26D,27D,28D,29D,30D,31D,32D. The molecule has 4 nitrogen and oxygen atoms in total. The second-order valence-corrected chi connectivity index (χ2v) is 15.0. The van der Waals surface area contributed by atoms with Gasteiger partial charge in [-0.2, -0.15) is 0 Å². The van der Waals surface area contributed by atoms with Gasteiger partial charge in [-0.3, -0.25) is 0 Å². The van der Waals surface area contributed by atoms with Crippen LogP contribution in [0.5, 0.6) is 0 Å². The summed E-state index contributed by atoms with van der Waals surface area (Å²) in [5.74, 6) is 0. The highest BCUT2D eigenvalue weighted by Gasteiger charge is 2.65. The van der Waals surface area contributed by atoms with Crippen molar-refractivity contribution in [2.75, 3.05) is 9.80 Å². The Morgan fingerprint density at radius 1 is 0.350 bits per heavy atom. The van der Waals surface area contributed by atoms with Crippen LogP contribution in [-0.2, 0) is 10.8 Å². The van der Waals surface area contributed by atoms with Crippen molar-refractivity contribution < 1.29 is 39.0 Å². The lowest BCUT2D eigenvalue weighted by atomic mass is 9.42. The van der Waals surface area contributed by atoms with Crippen molar-refractivity contribution in [2.24, 2.45) is 0 Å². The highest BCUT2D eigenvalue weighted by molar-refractivity contribution is 6.09. The summed E-state index contributed by atoms with van der Waals surface area (Å²) in [6, 6.07) is 2.84. The van der Waals surface area contributed by atoms with Gasteiger partial charge in [0, 0.05) is 56.1 Å². The van der Waals surface area contributed by atoms with Crippen LogP contribution in [0.15, 0.2) is 202 Å². The molecule has 4 heteroatoms. The Morgan fingerprint density at radius 2 is 0.767 bits per heavy atom. The van der Waals surface area contributed by atoms with Crippen molar-refractivity contribution in [1.82, 2.24) is 0 Å². The first-order chi connectivity index (χ1) is 38.9. The topological polar surface area (TPSA) is 32.8 Å². The van der Waals surface area contributed by atoms with Gasteiger partial charge in [-0.05, 0) is 93.9 Å². The molecular formula is C56H32N2O2. The Kier molecular flexibility index (Phi) is 3.11. The first-order valence-corrected chi connectivity index (χ1v) is 19.0. The zero-order valence-electron chi connectivity index (χ0n) is 52.5. The third kappa shape index (κ3) is 3.39. The molecule has 5 aliphatic rings. The van der Waals surface area contributed by atoms with Crippen LogP contribution in [0.4, 0.5) is 34.1 Å². The monoisotopic (exact) mass is 786 g/mol. The van der Waals surface area contributed by atoms with Crippen molar-refractivity contribution in [2.45, 2.75) is 10.8 Å². The molecule has 60 heavy (non-hydrogen) atoms. The predicted octanol–water partition coefficient (Wildman–Crippen LogP) is 14.4. The van der Waals surface area contributed by atoms with E-state index in [1.54, 1.807) is 60.7 Å². The van der Waals surface area contributed by atoms with Crippen LogP contribution in [0, 0.1) is 0 Å². The van der Waals surface area contributed by atoms with E-state index < -0.39 is 166 Å². The van der Waals surface area contributed by atoms with Crippen molar-refractivity contribution >= 4 is 78.0 Å². The lowest BCUT2D eigenvalue weighted by Gasteiger charge is -2.62. The van der Waals surface area contributed by atoms with Gasteiger partial charge in [0.1, 0.15) is 22.3 Å². The normalized spacial score (nSPS) is 23.9. The maximum Gasteiger partial charge on any atom is 0.137 e. The van der Waals surface area contributed by atoms with Gasteiger partial charge in [0.15, 0.2) is 0 Å². The summed E-state index contributed by atoms with van der Waals surface area (Å²) in [5.41, 5.74) is -4.65. The summed E-state index contributed by atoms with van der Waals surface area (Å²) >= 11 is 0. The van der Waals surface area contributed by atoms with E-state index in [1.807, 2.05) is 0 Å². The largest absolute Gasteiger partial charge is 0.456 e. The van der Waals surface area contributed by atoms with Gasteiger partial charge in [-0.1, -0.05) is 121 Å². The lowest BCUT2D eigenvalue weighted by Crippen LogP contribution is -2.55. The molecule has 2 aliphatic heterocycles. The third-order valence-electron chi connectivity index (χ3n) is 12.6. The fourth-order valence-corrected chi connectivity index (χ4v) is 10.6. The maximum atomic E-state index is 10.1. The van der Waals surface area contributed by atoms with E-state index >= 15 is 0 Å². The second-order valence-electron chi connectivity index (χ2n) is 15.0. The minimum Gasteiger partial charge on any atom is -0.456 e. The Labute approximate surface area is 375 Å². The van der Waals surface area contributed by atoms with Crippen molar-refractivity contribution in [1.29, 1.82) is 0 Å². The van der Waals surface area contributed by atoms with Crippen molar-refractivity contribution in [3.05, 3.63) is 238 Å². The van der Waals surface area contributed by atoms with Gasteiger partial charge in [-0.25, -0.2) is 0 Å². The minimum absolute atomic E-state index is 0.103. The summed E-state index contributed by atoms with van der Waals surface area (Å²) in [6.07, 6.45) is 0. The van der Waals surface area contributed by atoms with Crippen molar-refractivity contribution in [3.8, 4) is 0 Å².